The van der Waals surface area contributed by atoms with Crippen LogP contribution >= 0.6 is 0 Å². The molecule has 2 atom stereocenters. The smallest absolute Gasteiger partial charge is 0.305 e. The Hall–Kier alpha value is -2.44. The Bertz CT molecular complexity index is 1050. The van der Waals surface area contributed by atoms with Gasteiger partial charge in [-0.15, -0.1) is 0 Å². The molecule has 0 saturated heterocycles. The summed E-state index contributed by atoms with van der Waals surface area (Å²) >= 11 is 0. The molecule has 3 N–H and O–H groups in total. The number of nitrogens with one attached hydrogen (secondary N) is 1. The van der Waals surface area contributed by atoms with Crippen molar-refractivity contribution in [2.24, 2.45) is 0 Å². The van der Waals surface area contributed by atoms with Crippen molar-refractivity contribution in [3.8, 4) is 0 Å². The number of hydrogen-bond acceptors (Lipinski definition) is 5. The standard InChI is InChI=1S/C53H95NO5/c1-3-5-7-9-11-13-15-17-22-25-29-33-37-41-45-51(56)50(49-55)54-52(57)46-42-38-34-30-26-23-19-18-20-24-28-32-36-40-44-48-59-53(58)47-43-39-35-31-27-21-16-14-12-10-8-6-4-2/h8,10,14,16,18,20,24,28,41,45,50-51,55-56H,3-7,9,11-13,15,17,19,21-23,25-27,29-40,42-44,46-49H2,1-2H3,(H,54,57)/b10-8-,16-14-,20-18-,28-24-,45-41+. The van der Waals surface area contributed by atoms with Crippen molar-refractivity contribution >= 4 is 11.9 Å². The lowest BCUT2D eigenvalue weighted by molar-refractivity contribution is -0.143. The summed E-state index contributed by atoms with van der Waals surface area (Å²) < 4.78 is 5.42. The van der Waals surface area contributed by atoms with E-state index in [-0.39, 0.29) is 18.5 Å². The molecule has 2 unspecified atom stereocenters. The molecule has 0 aromatic heterocycles. The largest absolute Gasteiger partial charge is 0.466 e. The van der Waals surface area contributed by atoms with Crippen LogP contribution in [0.1, 0.15) is 239 Å². The second-order valence-electron chi connectivity index (χ2n) is 16.8. The molecule has 0 heterocycles. The van der Waals surface area contributed by atoms with Crippen LogP contribution in [0.3, 0.4) is 0 Å². The van der Waals surface area contributed by atoms with Gasteiger partial charge in [0, 0.05) is 12.8 Å². The average Bonchev–Trinajstić information content (AvgIpc) is 3.24. The molecule has 0 aliphatic carbocycles. The van der Waals surface area contributed by atoms with Crippen LogP contribution in [0.5, 0.6) is 0 Å². The summed E-state index contributed by atoms with van der Waals surface area (Å²) in [4.78, 5) is 24.4. The molecule has 342 valence electrons. The Morgan fingerprint density at radius 1 is 0.492 bits per heavy atom. The Labute approximate surface area is 365 Å². The summed E-state index contributed by atoms with van der Waals surface area (Å²) in [6.45, 7) is 4.75. The number of allylic oxidation sites excluding steroid dienone is 9. The number of amides is 1. The van der Waals surface area contributed by atoms with Crippen molar-refractivity contribution in [3.05, 3.63) is 60.8 Å². The maximum absolute atomic E-state index is 12.4. The van der Waals surface area contributed by atoms with E-state index in [2.05, 4.69) is 67.8 Å². The third kappa shape index (κ3) is 44.9. The quantitative estimate of drug-likeness (QED) is 0.0246. The number of unbranched alkanes of at least 4 members (excludes halogenated alkanes) is 27. The van der Waals surface area contributed by atoms with Gasteiger partial charge in [-0.1, -0.05) is 197 Å². The lowest BCUT2D eigenvalue weighted by atomic mass is 10.0. The van der Waals surface area contributed by atoms with Gasteiger partial charge in [-0.25, -0.2) is 0 Å². The second kappa shape index (κ2) is 48.2. The highest BCUT2D eigenvalue weighted by Gasteiger charge is 2.18. The minimum atomic E-state index is -0.860. The molecular formula is C53H95NO5. The third-order valence-electron chi connectivity index (χ3n) is 11.0. The Morgan fingerprint density at radius 2 is 0.932 bits per heavy atom. The van der Waals surface area contributed by atoms with E-state index < -0.39 is 12.1 Å². The van der Waals surface area contributed by atoms with Crippen LogP contribution < -0.4 is 5.32 Å². The summed E-state index contributed by atoms with van der Waals surface area (Å²) in [5.74, 6) is -0.133. The van der Waals surface area contributed by atoms with Gasteiger partial charge in [0.15, 0.2) is 0 Å². The van der Waals surface area contributed by atoms with Crippen LogP contribution in [0.2, 0.25) is 0 Å². The van der Waals surface area contributed by atoms with E-state index in [9.17, 15) is 19.8 Å². The van der Waals surface area contributed by atoms with Crippen molar-refractivity contribution in [1.29, 1.82) is 0 Å². The molecule has 0 radical (unpaired) electrons. The van der Waals surface area contributed by atoms with Crippen molar-refractivity contribution in [1.82, 2.24) is 5.32 Å². The monoisotopic (exact) mass is 826 g/mol. The van der Waals surface area contributed by atoms with E-state index in [0.717, 1.165) is 89.9 Å². The Morgan fingerprint density at radius 3 is 1.46 bits per heavy atom. The first-order valence-electron chi connectivity index (χ1n) is 25.1. The number of esters is 1. The maximum atomic E-state index is 12.4. The van der Waals surface area contributed by atoms with Gasteiger partial charge in [0.2, 0.25) is 5.91 Å². The van der Waals surface area contributed by atoms with Gasteiger partial charge in [0.25, 0.3) is 0 Å². The zero-order valence-corrected chi connectivity index (χ0v) is 38.7. The van der Waals surface area contributed by atoms with E-state index in [0.29, 0.717) is 19.4 Å². The van der Waals surface area contributed by atoms with Crippen molar-refractivity contribution in [2.75, 3.05) is 13.2 Å². The summed E-state index contributed by atoms with van der Waals surface area (Å²) in [6.07, 6.45) is 60.7. The van der Waals surface area contributed by atoms with E-state index in [1.165, 1.54) is 122 Å². The maximum Gasteiger partial charge on any atom is 0.305 e. The lowest BCUT2D eigenvalue weighted by Crippen LogP contribution is -2.45. The van der Waals surface area contributed by atoms with Crippen LogP contribution in [0.4, 0.5) is 0 Å². The van der Waals surface area contributed by atoms with E-state index in [1.807, 2.05) is 6.08 Å². The SMILES string of the molecule is CCC/C=C\C/C=C\CCCCCCCC(=O)OCCCCC/C=C\C=C/CCCCCCCCC(=O)NC(CO)C(O)/C=C/CCCCCCCCCCCCCC. The molecular weight excluding hydrogens is 731 g/mol. The second-order valence-corrected chi connectivity index (χ2v) is 16.8. The first-order valence-corrected chi connectivity index (χ1v) is 25.1. The molecule has 6 nitrogen and oxygen atoms in total. The average molecular weight is 826 g/mol. The van der Waals surface area contributed by atoms with Crippen LogP contribution in [-0.2, 0) is 14.3 Å². The van der Waals surface area contributed by atoms with Crippen LogP contribution in [0.15, 0.2) is 60.8 Å². The predicted octanol–water partition coefficient (Wildman–Crippen LogP) is 14.8. The highest BCUT2D eigenvalue weighted by atomic mass is 16.5. The summed E-state index contributed by atoms with van der Waals surface area (Å²) in [7, 11) is 0. The van der Waals surface area contributed by atoms with Crippen molar-refractivity contribution < 1.29 is 24.5 Å². The molecule has 0 aliphatic rings. The van der Waals surface area contributed by atoms with Gasteiger partial charge in [0.1, 0.15) is 0 Å². The van der Waals surface area contributed by atoms with Gasteiger partial charge >= 0.3 is 5.97 Å². The number of ether oxygens (including phenoxy) is 1. The van der Waals surface area contributed by atoms with E-state index in [1.54, 1.807) is 6.08 Å². The minimum absolute atomic E-state index is 0.0395. The van der Waals surface area contributed by atoms with Gasteiger partial charge in [-0.3, -0.25) is 9.59 Å². The highest BCUT2D eigenvalue weighted by molar-refractivity contribution is 5.76. The summed E-state index contributed by atoms with van der Waals surface area (Å²) in [6, 6.07) is -0.645. The molecule has 0 aromatic carbocycles. The predicted molar refractivity (Wildman–Crippen MR) is 255 cm³/mol. The molecule has 0 saturated carbocycles. The van der Waals surface area contributed by atoms with Crippen LogP contribution in [0.25, 0.3) is 0 Å². The number of hydrogen-bond donors (Lipinski definition) is 3. The van der Waals surface area contributed by atoms with Crippen LogP contribution in [0, 0.1) is 0 Å². The van der Waals surface area contributed by atoms with Crippen molar-refractivity contribution in [3.63, 3.8) is 0 Å². The Balaban J connectivity index is 3.59. The highest BCUT2D eigenvalue weighted by Crippen LogP contribution is 2.14. The van der Waals surface area contributed by atoms with Gasteiger partial charge in [0.05, 0.1) is 25.4 Å². The molecule has 0 fully saturated rings. The fraction of sp³-hybridized carbons (Fsp3) is 0.774. The first-order chi connectivity index (χ1) is 29.0. The normalized spacial score (nSPS) is 13.2. The number of rotatable bonds is 45. The molecule has 0 bridgehead atoms. The lowest BCUT2D eigenvalue weighted by Gasteiger charge is -2.20. The number of aliphatic hydroxyl groups is 2. The van der Waals surface area contributed by atoms with E-state index in [4.69, 9.17) is 4.74 Å². The topological polar surface area (TPSA) is 95.9 Å². The van der Waals surface area contributed by atoms with Gasteiger partial charge in [-0.05, 0) is 89.9 Å². The fourth-order valence-corrected chi connectivity index (χ4v) is 7.13. The molecule has 0 aromatic rings. The molecule has 0 rings (SSSR count). The Kier molecular flexibility index (Phi) is 46.2. The number of carbonyl (C=O) groups is 2. The molecule has 0 spiro atoms. The summed E-state index contributed by atoms with van der Waals surface area (Å²) in [5, 5.41) is 23.0. The number of carbonyl (C=O) groups excluding carboxylic acids is 2. The minimum Gasteiger partial charge on any atom is -0.466 e. The molecule has 59 heavy (non-hydrogen) atoms. The third-order valence-corrected chi connectivity index (χ3v) is 11.0. The number of aliphatic hydroxyl groups excluding tert-OH is 2. The first kappa shape index (κ1) is 56.6. The molecule has 0 aliphatic heterocycles. The fourth-order valence-electron chi connectivity index (χ4n) is 7.13. The van der Waals surface area contributed by atoms with Gasteiger partial charge in [-0.2, -0.15) is 0 Å². The van der Waals surface area contributed by atoms with Crippen molar-refractivity contribution in [2.45, 2.75) is 251 Å². The molecule has 1 amide bonds. The summed E-state index contributed by atoms with van der Waals surface area (Å²) in [5.41, 5.74) is 0. The van der Waals surface area contributed by atoms with Gasteiger partial charge < -0.3 is 20.3 Å². The van der Waals surface area contributed by atoms with E-state index >= 15 is 0 Å². The van der Waals surface area contributed by atoms with Crippen LogP contribution in [-0.4, -0.2) is 47.4 Å². The zero-order chi connectivity index (χ0) is 43.0. The molecule has 6 heteroatoms. The zero-order valence-electron chi connectivity index (χ0n) is 38.7.